The predicted octanol–water partition coefficient (Wildman–Crippen LogP) is 5.15. The van der Waals surface area contributed by atoms with Gasteiger partial charge in [0.25, 0.3) is 0 Å². The van der Waals surface area contributed by atoms with Gasteiger partial charge in [-0.15, -0.1) is 0 Å². The van der Waals surface area contributed by atoms with Crippen molar-refractivity contribution < 1.29 is 9.53 Å². The minimum Gasteiger partial charge on any atom is -0.447 e. The first kappa shape index (κ1) is 23.9. The van der Waals surface area contributed by atoms with Crippen LogP contribution in [0.4, 0.5) is 16.3 Å². The molecule has 6 rings (SSSR count). The van der Waals surface area contributed by atoms with Crippen molar-refractivity contribution >= 4 is 39.5 Å². The zero-order valence-corrected chi connectivity index (χ0v) is 21.5. The predicted molar refractivity (Wildman–Crippen MR) is 145 cm³/mol. The molecule has 0 unspecified atom stereocenters. The third kappa shape index (κ3) is 4.77. The van der Waals surface area contributed by atoms with E-state index in [0.29, 0.717) is 18.9 Å². The first-order chi connectivity index (χ1) is 18.5. The van der Waals surface area contributed by atoms with Crippen molar-refractivity contribution in [3.05, 3.63) is 72.8 Å². The van der Waals surface area contributed by atoms with Crippen LogP contribution in [0.15, 0.2) is 67.3 Å². The Balaban J connectivity index is 1.18. The van der Waals surface area contributed by atoms with Gasteiger partial charge >= 0.3 is 6.09 Å². The molecule has 1 saturated heterocycles. The van der Waals surface area contributed by atoms with Crippen molar-refractivity contribution in [3.63, 3.8) is 0 Å². The fraction of sp³-hybridized carbons (Fsp3) is 0.321. The first-order valence-corrected chi connectivity index (χ1v) is 13.0. The number of benzene rings is 2. The molecule has 0 aliphatic carbocycles. The molecule has 1 aliphatic rings. The molecule has 5 aromatic rings. The minimum absolute atomic E-state index is 0.121. The number of carbonyl (C=O) groups is 1. The van der Waals surface area contributed by atoms with E-state index in [1.165, 1.54) is 5.56 Å². The van der Waals surface area contributed by atoms with Crippen LogP contribution >= 0.6 is 0 Å². The van der Waals surface area contributed by atoms with Crippen LogP contribution in [0.2, 0.25) is 0 Å². The summed E-state index contributed by atoms with van der Waals surface area (Å²) in [5.74, 6) is 0.704. The fourth-order valence-electron chi connectivity index (χ4n) is 4.98. The zero-order valence-electron chi connectivity index (χ0n) is 21.5. The highest BCUT2D eigenvalue weighted by Gasteiger charge is 2.27. The Morgan fingerprint density at radius 1 is 1.05 bits per heavy atom. The Kier molecular flexibility index (Phi) is 6.36. The van der Waals surface area contributed by atoms with E-state index >= 15 is 0 Å². The standard InChI is InChI=1S/C28H30N8O2/c1-19(2)38-28(37)34-12-10-23(11-13-34)36-27-24(16-32-36)26(29-18-30-27)33-22-8-9-25-21(14-22)15-31-35(25)17-20-6-4-3-5-7-20/h3-9,14-16,18-19,23H,10-13,17H2,1-2H3,(H,29,30,33). The monoisotopic (exact) mass is 510 g/mol. The summed E-state index contributed by atoms with van der Waals surface area (Å²) in [4.78, 5) is 23.0. The number of amides is 1. The van der Waals surface area contributed by atoms with E-state index in [2.05, 4.69) is 49.7 Å². The second-order valence-electron chi connectivity index (χ2n) is 9.89. The second kappa shape index (κ2) is 10.1. The summed E-state index contributed by atoms with van der Waals surface area (Å²) in [5.41, 5.74) is 3.98. The van der Waals surface area contributed by atoms with Crippen molar-refractivity contribution in [2.45, 2.75) is 45.4 Å². The number of likely N-dealkylation sites (tertiary alicyclic amines) is 1. The molecule has 2 aromatic carbocycles. The van der Waals surface area contributed by atoms with Gasteiger partial charge in [0, 0.05) is 24.2 Å². The number of nitrogens with one attached hydrogen (secondary N) is 1. The molecule has 0 saturated carbocycles. The number of carbonyl (C=O) groups excluding carboxylic acids is 1. The van der Waals surface area contributed by atoms with Crippen molar-refractivity contribution in [1.82, 2.24) is 34.4 Å². The van der Waals surface area contributed by atoms with Gasteiger partial charge in [-0.2, -0.15) is 10.2 Å². The van der Waals surface area contributed by atoms with Crippen LogP contribution in [0.1, 0.15) is 38.3 Å². The lowest BCUT2D eigenvalue weighted by Crippen LogP contribution is -2.40. The average molecular weight is 511 g/mol. The van der Waals surface area contributed by atoms with Gasteiger partial charge in [-0.25, -0.2) is 19.4 Å². The molecule has 0 spiro atoms. The molecule has 0 radical (unpaired) electrons. The van der Waals surface area contributed by atoms with Gasteiger partial charge in [0.15, 0.2) is 5.65 Å². The molecular formula is C28H30N8O2. The number of ether oxygens (including phenoxy) is 1. The lowest BCUT2D eigenvalue weighted by molar-refractivity contribution is 0.0656. The average Bonchev–Trinajstić information content (AvgIpc) is 3.54. The highest BCUT2D eigenvalue weighted by atomic mass is 16.6. The van der Waals surface area contributed by atoms with Gasteiger partial charge in [-0.3, -0.25) is 4.68 Å². The van der Waals surface area contributed by atoms with Crippen LogP contribution in [-0.4, -0.2) is 59.7 Å². The zero-order chi connectivity index (χ0) is 26.1. The normalized spacial score (nSPS) is 14.4. The van der Waals surface area contributed by atoms with Crippen LogP contribution in [0.3, 0.4) is 0 Å². The van der Waals surface area contributed by atoms with E-state index in [9.17, 15) is 4.79 Å². The lowest BCUT2D eigenvalue weighted by atomic mass is 10.1. The maximum atomic E-state index is 12.2. The molecule has 194 valence electrons. The van der Waals surface area contributed by atoms with Gasteiger partial charge in [0.05, 0.1) is 42.0 Å². The number of piperidine rings is 1. The summed E-state index contributed by atoms with van der Waals surface area (Å²) >= 11 is 0. The van der Waals surface area contributed by atoms with E-state index in [4.69, 9.17) is 4.74 Å². The molecule has 1 fully saturated rings. The fourth-order valence-corrected chi connectivity index (χ4v) is 4.98. The van der Waals surface area contributed by atoms with Gasteiger partial charge in [0.1, 0.15) is 12.1 Å². The largest absolute Gasteiger partial charge is 0.447 e. The molecule has 38 heavy (non-hydrogen) atoms. The summed E-state index contributed by atoms with van der Waals surface area (Å²) in [6.07, 6.45) is 6.48. The summed E-state index contributed by atoms with van der Waals surface area (Å²) in [6.45, 7) is 5.71. The molecule has 0 atom stereocenters. The Labute approximate surface area is 220 Å². The van der Waals surface area contributed by atoms with E-state index in [1.807, 2.05) is 59.9 Å². The topological polar surface area (TPSA) is 103 Å². The van der Waals surface area contributed by atoms with E-state index < -0.39 is 0 Å². The summed E-state index contributed by atoms with van der Waals surface area (Å²) in [6, 6.07) is 16.7. The number of aromatic nitrogens is 6. The molecule has 4 heterocycles. The first-order valence-electron chi connectivity index (χ1n) is 13.0. The van der Waals surface area contributed by atoms with Gasteiger partial charge in [-0.05, 0) is 50.5 Å². The molecule has 10 heteroatoms. The van der Waals surface area contributed by atoms with Crippen molar-refractivity contribution in [2.24, 2.45) is 0 Å². The van der Waals surface area contributed by atoms with Crippen molar-refractivity contribution in [1.29, 1.82) is 0 Å². The molecular weight excluding hydrogens is 480 g/mol. The SMILES string of the molecule is CC(C)OC(=O)N1CCC(n2ncc3c(Nc4ccc5c(cnn5Cc5ccccc5)c4)ncnc32)CC1. The molecule has 1 N–H and O–H groups in total. The van der Waals surface area contributed by atoms with Crippen LogP contribution < -0.4 is 5.32 Å². The van der Waals surface area contributed by atoms with Crippen molar-refractivity contribution in [2.75, 3.05) is 18.4 Å². The highest BCUT2D eigenvalue weighted by molar-refractivity contribution is 5.90. The van der Waals surface area contributed by atoms with Crippen LogP contribution in [0, 0.1) is 0 Å². The minimum atomic E-state index is -0.250. The van der Waals surface area contributed by atoms with E-state index in [1.54, 1.807) is 11.2 Å². The molecule has 1 aliphatic heterocycles. The number of hydrogen-bond donors (Lipinski definition) is 1. The van der Waals surface area contributed by atoms with Crippen LogP contribution in [0.5, 0.6) is 0 Å². The Bertz CT molecular complexity index is 1570. The van der Waals surface area contributed by atoms with E-state index in [-0.39, 0.29) is 18.2 Å². The number of fused-ring (bicyclic) bond motifs is 2. The Morgan fingerprint density at radius 2 is 1.87 bits per heavy atom. The molecule has 1 amide bonds. The maximum absolute atomic E-state index is 12.2. The molecule has 0 bridgehead atoms. The number of anilines is 2. The molecule has 3 aromatic heterocycles. The second-order valence-corrected chi connectivity index (χ2v) is 9.89. The lowest BCUT2D eigenvalue weighted by Gasteiger charge is -2.31. The molecule has 10 nitrogen and oxygen atoms in total. The van der Waals surface area contributed by atoms with Crippen LogP contribution in [0.25, 0.3) is 21.9 Å². The Hall–Kier alpha value is -4.47. The summed E-state index contributed by atoms with van der Waals surface area (Å²) in [5, 5.41) is 14.6. The van der Waals surface area contributed by atoms with Gasteiger partial charge in [-0.1, -0.05) is 30.3 Å². The Morgan fingerprint density at radius 3 is 2.66 bits per heavy atom. The van der Waals surface area contributed by atoms with Gasteiger partial charge in [0.2, 0.25) is 0 Å². The summed E-state index contributed by atoms with van der Waals surface area (Å²) < 4.78 is 9.31. The van der Waals surface area contributed by atoms with E-state index in [0.717, 1.165) is 47.0 Å². The van der Waals surface area contributed by atoms with Gasteiger partial charge < -0.3 is 15.0 Å². The third-order valence-electron chi connectivity index (χ3n) is 6.88. The third-order valence-corrected chi connectivity index (χ3v) is 6.88. The maximum Gasteiger partial charge on any atom is 0.410 e. The number of rotatable bonds is 6. The highest BCUT2D eigenvalue weighted by Crippen LogP contribution is 2.30. The number of hydrogen-bond acceptors (Lipinski definition) is 7. The summed E-state index contributed by atoms with van der Waals surface area (Å²) in [7, 11) is 0. The van der Waals surface area contributed by atoms with Crippen molar-refractivity contribution in [3.8, 4) is 0 Å². The quantitative estimate of drug-likeness (QED) is 0.337. The van der Waals surface area contributed by atoms with Crippen LogP contribution in [-0.2, 0) is 11.3 Å². The number of nitrogens with zero attached hydrogens (tertiary/aromatic N) is 7. The smallest absolute Gasteiger partial charge is 0.410 e.